The van der Waals surface area contributed by atoms with Gasteiger partial charge in [-0.15, -0.1) is 10.2 Å². The van der Waals surface area contributed by atoms with Crippen molar-refractivity contribution in [2.24, 2.45) is 0 Å². The van der Waals surface area contributed by atoms with Crippen LogP contribution in [-0.4, -0.2) is 26.4 Å². The van der Waals surface area contributed by atoms with Crippen LogP contribution in [-0.2, 0) is 4.79 Å². The smallest absolute Gasteiger partial charge is 0.234 e. The third kappa shape index (κ3) is 4.75. The number of hydrogen-bond donors (Lipinski definition) is 1. The second-order valence-corrected chi connectivity index (χ2v) is 8.68. The summed E-state index contributed by atoms with van der Waals surface area (Å²) in [6.07, 6.45) is 6.21. The maximum atomic E-state index is 12.3. The van der Waals surface area contributed by atoms with Crippen molar-refractivity contribution >= 4 is 45.9 Å². The van der Waals surface area contributed by atoms with E-state index in [9.17, 15) is 4.79 Å². The number of anilines is 1. The molecule has 5 nitrogen and oxygen atoms in total. The maximum absolute atomic E-state index is 12.3. The first-order valence-electron chi connectivity index (χ1n) is 8.65. The highest BCUT2D eigenvalue weighted by atomic mass is 127. The minimum Gasteiger partial charge on any atom is -0.325 e. The molecule has 1 amide bonds. The zero-order valence-corrected chi connectivity index (χ0v) is 17.6. The molecule has 0 radical (unpaired) electrons. The number of amides is 1. The lowest BCUT2D eigenvalue weighted by atomic mass is 9.95. The van der Waals surface area contributed by atoms with Crippen molar-refractivity contribution in [3.63, 3.8) is 0 Å². The molecule has 0 aliphatic heterocycles. The molecule has 7 heteroatoms. The zero-order valence-electron chi connectivity index (χ0n) is 14.6. The average molecular weight is 470 g/mol. The van der Waals surface area contributed by atoms with Crippen LogP contribution in [0.4, 0.5) is 5.69 Å². The Balaban J connectivity index is 1.62. The molecule has 0 unspecified atom stereocenters. The first-order valence-corrected chi connectivity index (χ1v) is 10.7. The minimum absolute atomic E-state index is 0.00912. The number of aromatic nitrogens is 3. The molecule has 0 atom stereocenters. The molecule has 0 spiro atoms. The highest BCUT2D eigenvalue weighted by Crippen LogP contribution is 2.32. The molecule has 1 aromatic carbocycles. The Hall–Kier alpha value is -1.09. The van der Waals surface area contributed by atoms with Gasteiger partial charge in [-0.3, -0.25) is 4.79 Å². The van der Waals surface area contributed by atoms with Crippen LogP contribution in [0.5, 0.6) is 0 Å². The molecule has 1 N–H and O–H groups in total. The predicted octanol–water partition coefficient (Wildman–Crippen LogP) is 4.74. The molecule has 0 saturated heterocycles. The second kappa shape index (κ2) is 8.53. The lowest BCUT2D eigenvalue weighted by Crippen LogP contribution is -2.17. The number of benzene rings is 1. The summed E-state index contributed by atoms with van der Waals surface area (Å²) in [6.45, 7) is 4.01. The van der Waals surface area contributed by atoms with Gasteiger partial charge in [-0.25, -0.2) is 0 Å². The van der Waals surface area contributed by atoms with Crippen LogP contribution in [0.2, 0.25) is 0 Å². The van der Waals surface area contributed by atoms with E-state index in [-0.39, 0.29) is 5.91 Å². The van der Waals surface area contributed by atoms with Crippen molar-refractivity contribution in [1.29, 1.82) is 0 Å². The molecule has 1 saturated carbocycles. The van der Waals surface area contributed by atoms with Gasteiger partial charge >= 0.3 is 0 Å². The topological polar surface area (TPSA) is 59.8 Å². The number of carbonyl (C=O) groups is 1. The standard InChI is InChI=1S/C18H23IN4OS/c1-12-10-14(19)8-9-16(12)20-17(24)11-25-18-22-21-13(2)23(18)15-6-4-3-5-7-15/h8-10,15H,3-7,11H2,1-2H3,(H,20,24). The molecule has 1 aliphatic rings. The van der Waals surface area contributed by atoms with Crippen LogP contribution in [0.25, 0.3) is 0 Å². The molecule has 1 aromatic heterocycles. The second-order valence-electron chi connectivity index (χ2n) is 6.49. The number of aryl methyl sites for hydroxylation is 2. The van der Waals surface area contributed by atoms with Gasteiger partial charge in [0.1, 0.15) is 5.82 Å². The minimum atomic E-state index is -0.00912. The highest BCUT2D eigenvalue weighted by Gasteiger charge is 2.21. The summed E-state index contributed by atoms with van der Waals surface area (Å²) in [4.78, 5) is 12.3. The fourth-order valence-electron chi connectivity index (χ4n) is 3.29. The van der Waals surface area contributed by atoms with Crippen molar-refractivity contribution in [3.8, 4) is 0 Å². The van der Waals surface area contributed by atoms with E-state index in [1.165, 1.54) is 47.4 Å². The molecule has 134 valence electrons. The van der Waals surface area contributed by atoms with E-state index >= 15 is 0 Å². The Morgan fingerprint density at radius 2 is 2.04 bits per heavy atom. The van der Waals surface area contributed by atoms with Crippen molar-refractivity contribution < 1.29 is 4.79 Å². The van der Waals surface area contributed by atoms with E-state index in [2.05, 4.69) is 48.7 Å². The maximum Gasteiger partial charge on any atom is 0.234 e. The lowest BCUT2D eigenvalue weighted by molar-refractivity contribution is -0.113. The number of halogens is 1. The summed E-state index contributed by atoms with van der Waals surface area (Å²) >= 11 is 3.75. The lowest BCUT2D eigenvalue weighted by Gasteiger charge is -2.24. The number of hydrogen-bond acceptors (Lipinski definition) is 4. The normalized spacial score (nSPS) is 15.3. The summed E-state index contributed by atoms with van der Waals surface area (Å²) in [5.41, 5.74) is 1.95. The van der Waals surface area contributed by atoms with Crippen LogP contribution in [0.1, 0.15) is 49.5 Å². The summed E-state index contributed by atoms with van der Waals surface area (Å²) < 4.78 is 3.39. The van der Waals surface area contributed by atoms with Gasteiger partial charge in [0.05, 0.1) is 5.75 Å². The molecule has 25 heavy (non-hydrogen) atoms. The third-order valence-electron chi connectivity index (χ3n) is 4.57. The van der Waals surface area contributed by atoms with Crippen LogP contribution in [0.3, 0.4) is 0 Å². The number of nitrogens with one attached hydrogen (secondary N) is 1. The van der Waals surface area contributed by atoms with E-state index in [1.807, 2.05) is 26.0 Å². The zero-order chi connectivity index (χ0) is 17.8. The fraction of sp³-hybridized carbons (Fsp3) is 0.500. The summed E-state index contributed by atoms with van der Waals surface area (Å²) in [5, 5.41) is 12.4. The van der Waals surface area contributed by atoms with Gasteiger partial charge < -0.3 is 9.88 Å². The van der Waals surface area contributed by atoms with Crippen LogP contribution in [0.15, 0.2) is 23.4 Å². The summed E-state index contributed by atoms with van der Waals surface area (Å²) in [5.74, 6) is 1.28. The van der Waals surface area contributed by atoms with E-state index in [1.54, 1.807) is 0 Å². The number of thioether (sulfide) groups is 1. The fourth-order valence-corrected chi connectivity index (χ4v) is 4.79. The van der Waals surface area contributed by atoms with Crippen LogP contribution in [0, 0.1) is 17.4 Å². The Labute approximate surface area is 166 Å². The van der Waals surface area contributed by atoms with Gasteiger partial charge in [0.15, 0.2) is 5.16 Å². The first kappa shape index (κ1) is 18.7. The van der Waals surface area contributed by atoms with Crippen molar-refractivity contribution in [2.75, 3.05) is 11.1 Å². The SMILES string of the molecule is Cc1cc(I)ccc1NC(=O)CSc1nnc(C)n1C1CCCCC1. The molecule has 0 bridgehead atoms. The van der Waals surface area contributed by atoms with Crippen molar-refractivity contribution in [1.82, 2.24) is 14.8 Å². The predicted molar refractivity (Wildman–Crippen MR) is 110 cm³/mol. The van der Waals surface area contributed by atoms with Gasteiger partial charge in [-0.1, -0.05) is 31.0 Å². The highest BCUT2D eigenvalue weighted by molar-refractivity contribution is 14.1. The summed E-state index contributed by atoms with van der Waals surface area (Å²) in [6, 6.07) is 6.49. The van der Waals surface area contributed by atoms with Crippen LogP contribution >= 0.6 is 34.4 Å². The molecule has 1 fully saturated rings. The van der Waals surface area contributed by atoms with Crippen LogP contribution < -0.4 is 5.32 Å². The molecule has 1 heterocycles. The van der Waals surface area contributed by atoms with Gasteiger partial charge in [-0.2, -0.15) is 0 Å². The quantitative estimate of drug-likeness (QED) is 0.507. The number of rotatable bonds is 5. The Morgan fingerprint density at radius 3 is 2.76 bits per heavy atom. The van der Waals surface area contributed by atoms with Gasteiger partial charge in [0.2, 0.25) is 5.91 Å². The Kier molecular flexibility index (Phi) is 6.38. The Bertz CT molecular complexity index is 756. The Morgan fingerprint density at radius 1 is 1.28 bits per heavy atom. The van der Waals surface area contributed by atoms with E-state index in [0.29, 0.717) is 11.8 Å². The van der Waals surface area contributed by atoms with Gasteiger partial charge in [-0.05, 0) is 73.0 Å². The average Bonchev–Trinajstić information content (AvgIpc) is 2.97. The molecule has 1 aliphatic carbocycles. The number of carbonyl (C=O) groups excluding carboxylic acids is 1. The summed E-state index contributed by atoms with van der Waals surface area (Å²) in [7, 11) is 0. The molecule has 3 rings (SSSR count). The largest absolute Gasteiger partial charge is 0.325 e. The van der Waals surface area contributed by atoms with E-state index in [4.69, 9.17) is 0 Å². The van der Waals surface area contributed by atoms with Crippen molar-refractivity contribution in [2.45, 2.75) is 57.1 Å². The molecular weight excluding hydrogens is 447 g/mol. The first-order chi connectivity index (χ1) is 12.0. The number of nitrogens with zero attached hydrogens (tertiary/aromatic N) is 3. The third-order valence-corrected chi connectivity index (χ3v) is 6.18. The van der Waals surface area contributed by atoms with Crippen molar-refractivity contribution in [3.05, 3.63) is 33.2 Å². The van der Waals surface area contributed by atoms with E-state index in [0.717, 1.165) is 22.2 Å². The molecular formula is C18H23IN4OS. The monoisotopic (exact) mass is 470 g/mol. The van der Waals surface area contributed by atoms with E-state index < -0.39 is 0 Å². The van der Waals surface area contributed by atoms with Gasteiger partial charge in [0.25, 0.3) is 0 Å². The van der Waals surface area contributed by atoms with Gasteiger partial charge in [0, 0.05) is 15.3 Å². The molecule has 2 aromatic rings.